The molecule has 42 N–H and O–H groups in total. The number of phenols is 1. The third kappa shape index (κ3) is 39.5. The molecule has 0 aliphatic carbocycles. The molecule has 0 fully saturated rings. The highest BCUT2D eigenvalue weighted by atomic mass is 32.1. The van der Waals surface area contributed by atoms with E-state index in [0.29, 0.717) is 68.8 Å². The third-order valence-corrected chi connectivity index (χ3v) is 14.3. The lowest BCUT2D eigenvalue weighted by atomic mass is 10.1. The number of aromatic amines is 1. The summed E-state index contributed by atoms with van der Waals surface area (Å²) in [7, 11) is 1.95. The summed E-state index contributed by atoms with van der Waals surface area (Å²) in [5, 5.41) is 27.4. The molecule has 1 aliphatic heterocycles. The summed E-state index contributed by atoms with van der Waals surface area (Å²) in [5.41, 5.74) is 109. The van der Waals surface area contributed by atoms with Gasteiger partial charge in [-0.2, -0.15) is 15.2 Å². The van der Waals surface area contributed by atoms with Crippen LogP contribution in [0.3, 0.4) is 0 Å². The van der Waals surface area contributed by atoms with Gasteiger partial charge in [-0.05, 0) is 127 Å². The highest BCUT2D eigenvalue weighted by Crippen LogP contribution is 2.19. The number of carboxylic acids is 1. The van der Waals surface area contributed by atoms with Crippen LogP contribution in [-0.2, 0) is 12.8 Å². The predicted molar refractivity (Wildman–Crippen MR) is 473 cm³/mol. The SMILES string of the molecule is CCc1ccccc1N.CCc1ccccc1NC.NC1=NC=CC1.Nc1cccc2[nH]cnc12.Nc1ccccc1C(=O)O.Nc1ccccc1N.Nc1ccccc1O.Nc1ccccc1S.Nc1ccccn1.Nc1cccnc1N.Nc1ccncc1N.Nc1cnncc1N.Nc1nccn1N.Nc1ncoc1N. The maximum Gasteiger partial charge on any atom is 0.337 e. The summed E-state index contributed by atoms with van der Waals surface area (Å²) in [6.45, 7) is 4.27. The first-order chi connectivity index (χ1) is 54.5. The van der Waals surface area contributed by atoms with Crippen molar-refractivity contribution < 1.29 is 19.4 Å². The molecular formula is C78H103N31O4S. The van der Waals surface area contributed by atoms with E-state index in [1.807, 2.05) is 104 Å². The predicted octanol–water partition coefficient (Wildman–Crippen LogP) is 9.69. The van der Waals surface area contributed by atoms with Crippen molar-refractivity contribution in [1.82, 2.24) is 49.8 Å². The highest BCUT2D eigenvalue weighted by molar-refractivity contribution is 7.80. The van der Waals surface area contributed by atoms with E-state index in [-0.39, 0.29) is 23.0 Å². The zero-order chi connectivity index (χ0) is 84.6. The van der Waals surface area contributed by atoms with Crippen LogP contribution in [0, 0.1) is 0 Å². The molecular weight excluding hydrogens is 1470 g/mol. The van der Waals surface area contributed by atoms with Crippen molar-refractivity contribution >= 4 is 139 Å². The Morgan fingerprint density at radius 2 is 1.02 bits per heavy atom. The number of H-pyrrole nitrogens is 1. The van der Waals surface area contributed by atoms with Crippen molar-refractivity contribution in [2.24, 2.45) is 10.7 Å². The van der Waals surface area contributed by atoms with Crippen LogP contribution in [0.1, 0.15) is 41.8 Å². The van der Waals surface area contributed by atoms with Crippen molar-refractivity contribution in [3.8, 4) is 5.75 Å². The highest BCUT2D eigenvalue weighted by Gasteiger charge is 2.04. The number of imidazole rings is 2. The van der Waals surface area contributed by atoms with E-state index in [1.165, 1.54) is 58.7 Å². The fourth-order valence-corrected chi connectivity index (χ4v) is 7.78. The Morgan fingerprint density at radius 1 is 0.491 bits per heavy atom. The molecule has 7 aromatic heterocycles. The summed E-state index contributed by atoms with van der Waals surface area (Å²) in [6.07, 6.45) is 21.8. The van der Waals surface area contributed by atoms with Crippen molar-refractivity contribution in [3.63, 3.8) is 0 Å². The Morgan fingerprint density at radius 3 is 1.34 bits per heavy atom. The number of aromatic hydroxyl groups is 1. The number of nitrogens with two attached hydrogens (primary N) is 19. The van der Waals surface area contributed by atoms with Gasteiger partial charge >= 0.3 is 5.97 Å². The van der Waals surface area contributed by atoms with Gasteiger partial charge < -0.3 is 134 Å². The first-order valence-electron chi connectivity index (χ1n) is 33.9. The molecule has 36 heteroatoms. The number of benzene rings is 7. The van der Waals surface area contributed by atoms with E-state index < -0.39 is 5.97 Å². The van der Waals surface area contributed by atoms with Crippen molar-refractivity contribution in [2.45, 2.75) is 38.0 Å². The fraction of sp³-hybridized carbons (Fsp3) is 0.0769. The number of para-hydroxylation sites is 9. The van der Waals surface area contributed by atoms with Crippen molar-refractivity contribution in [2.75, 3.05) is 116 Å². The second kappa shape index (κ2) is 54.6. The Balaban J connectivity index is 0.000000417. The Kier molecular flexibility index (Phi) is 45.0. The van der Waals surface area contributed by atoms with Gasteiger partial charge in [0, 0.05) is 78.3 Å². The molecule has 7 aromatic carbocycles. The average molecular weight is 1570 g/mol. The van der Waals surface area contributed by atoms with Gasteiger partial charge in [-0.15, -0.1) is 12.6 Å². The van der Waals surface area contributed by atoms with E-state index in [1.54, 1.807) is 116 Å². The summed E-state index contributed by atoms with van der Waals surface area (Å²) in [4.78, 5) is 40.3. The molecule has 0 amide bonds. The van der Waals surface area contributed by atoms with Crippen LogP contribution in [0.2, 0.25) is 0 Å². The van der Waals surface area contributed by atoms with Gasteiger partial charge in [0.2, 0.25) is 11.8 Å². The van der Waals surface area contributed by atoms with Gasteiger partial charge in [0.15, 0.2) is 12.2 Å². The van der Waals surface area contributed by atoms with Crippen LogP contribution >= 0.6 is 12.6 Å². The Labute approximate surface area is 666 Å². The average Bonchev–Trinajstić information content (AvgIpc) is 1.70. The van der Waals surface area contributed by atoms with Gasteiger partial charge in [-0.3, -0.25) is 4.98 Å². The minimum atomic E-state index is -0.988. The number of nitrogen functional groups attached to an aromatic ring is 18. The van der Waals surface area contributed by atoms with E-state index in [0.717, 1.165) is 58.1 Å². The molecule has 0 unspecified atom stereocenters. The minimum absolute atomic E-state index is 0.146. The first-order valence-corrected chi connectivity index (χ1v) is 34.4. The number of hydrogen-bond donors (Lipinski definition) is 24. The molecule has 15 rings (SSSR count). The lowest BCUT2D eigenvalue weighted by Crippen LogP contribution is -2.09. The van der Waals surface area contributed by atoms with E-state index in [9.17, 15) is 4.79 Å². The monoisotopic (exact) mass is 1570 g/mol. The molecule has 14 aromatic rings. The lowest BCUT2D eigenvalue weighted by molar-refractivity contribution is 0.0698. The fourth-order valence-electron chi connectivity index (χ4n) is 7.62. The van der Waals surface area contributed by atoms with Crippen molar-refractivity contribution in [1.29, 1.82) is 0 Å². The number of fused-ring (bicyclic) bond motifs is 1. The minimum Gasteiger partial charge on any atom is -0.506 e. The zero-order valence-electron chi connectivity index (χ0n) is 63.2. The number of amidine groups is 1. The number of pyridine rings is 3. The van der Waals surface area contributed by atoms with Crippen LogP contribution in [0.4, 0.5) is 103 Å². The number of anilines is 18. The lowest BCUT2D eigenvalue weighted by Gasteiger charge is -2.04. The number of hydrogen-bond acceptors (Lipinski definition) is 33. The molecule has 0 saturated carbocycles. The van der Waals surface area contributed by atoms with Crippen LogP contribution in [0.5, 0.6) is 5.75 Å². The zero-order valence-corrected chi connectivity index (χ0v) is 64.1. The number of aromatic nitrogens is 10. The molecule has 0 radical (unpaired) electrons. The third-order valence-electron chi connectivity index (χ3n) is 13.9. The quantitative estimate of drug-likeness (QED) is 0.0337. The number of nitrogens with zero attached hydrogens (tertiary/aromatic N) is 10. The number of oxazole rings is 1. The molecule has 1 aliphatic rings. The Hall–Kier alpha value is -16.0. The van der Waals surface area contributed by atoms with Gasteiger partial charge in [0.05, 0.1) is 87.2 Å². The maximum absolute atomic E-state index is 10.3. The molecule has 35 nitrogen and oxygen atoms in total. The number of nitrogens with one attached hydrogen (secondary N) is 2. The number of thiol groups is 1. The van der Waals surface area contributed by atoms with Crippen LogP contribution in [0.15, 0.2) is 289 Å². The number of rotatable bonds is 4. The number of aromatic carboxylic acids is 1. The molecule has 114 heavy (non-hydrogen) atoms. The van der Waals surface area contributed by atoms with Crippen LogP contribution in [0.25, 0.3) is 11.0 Å². The van der Waals surface area contributed by atoms with E-state index in [4.69, 9.17) is 119 Å². The largest absolute Gasteiger partial charge is 0.506 e. The van der Waals surface area contributed by atoms with Crippen LogP contribution < -0.4 is 114 Å². The second-order valence-corrected chi connectivity index (χ2v) is 22.7. The molecule has 8 heterocycles. The number of phenolic OH excluding ortho intramolecular Hbond substituents is 1. The summed E-state index contributed by atoms with van der Waals surface area (Å²) >= 11 is 4.07. The topological polar surface area (TPSA) is 713 Å². The maximum atomic E-state index is 10.3. The van der Waals surface area contributed by atoms with E-state index >= 15 is 0 Å². The normalized spacial score (nSPS) is 9.70. The molecule has 0 saturated heterocycles. The molecule has 0 atom stereocenters. The van der Waals surface area contributed by atoms with Crippen molar-refractivity contribution in [3.05, 3.63) is 291 Å². The molecule has 0 spiro atoms. The van der Waals surface area contributed by atoms with Gasteiger partial charge in [-0.1, -0.05) is 117 Å². The second-order valence-electron chi connectivity index (χ2n) is 22.2. The molecule has 0 bridgehead atoms. The summed E-state index contributed by atoms with van der Waals surface area (Å²) in [5.74, 6) is 6.78. The first kappa shape index (κ1) is 94.1. The van der Waals surface area contributed by atoms with Gasteiger partial charge in [0.1, 0.15) is 28.7 Å². The number of aliphatic imine (C=N–C) groups is 1. The summed E-state index contributed by atoms with van der Waals surface area (Å²) in [6, 6.07) is 60.3. The number of aryl methyl sites for hydroxylation is 2. The summed E-state index contributed by atoms with van der Waals surface area (Å²) < 4.78 is 5.76. The molecule has 600 valence electrons. The smallest absolute Gasteiger partial charge is 0.337 e. The van der Waals surface area contributed by atoms with Crippen LogP contribution in [-0.4, -0.2) is 78.8 Å². The Bertz CT molecular complexity index is 4490. The van der Waals surface area contributed by atoms with Gasteiger partial charge in [0.25, 0.3) is 0 Å². The number of carboxylic acid groups (broad SMARTS) is 1. The standard InChI is InChI=1S/C9H13N.C8H11N.C7H7N3.C7H7NO2.C6H8N2.C6H7NO.C6H7NS.2C5H7N3.C5H6N2.C4H6N4.C4H6N2.C3H6N4.C3H5N3O/c1-3-8-6-4-5-7-9(8)10-2;1-2-7-5-3-4-6-8(7)9;8-5-2-1-3-6-7(5)10-4-9-6;8-6-4-2-1-3-5(6)7(9)10;3*7-5-3-1-2-4-6(5)8;6-4-1-2-8-3-5(4)7;6-4-2-1-3-8-5(4)7;6-5-3-1-2-4-7-5;5-3-1-7-8-2-4(3)6;5-4-2-1-3-6-4;4-3-6-1-2-7(3)5;4-2-3(5)7-1-6-2/h4-7,10H,3H2,1-2H3;3-6H,2,9H2,1H3;2*1-4H,8H2,(H,9,10);1-4H,7-8H2;2*1-4,8H,7H2;1-3H,7H2,(H2,6,8);1-3H,6H2,(H2,7,8);1-4H,(H2,6,7);1-2H,(H2,6,7)(H2,5,8);1,3H,2H2,(H2,5,6);1-2H,5H2,(H2,4,6);1H,4-5H2. The van der Waals surface area contributed by atoms with E-state index in [2.05, 4.69) is 111 Å². The number of carbonyl (C=O) groups is 1. The van der Waals surface area contributed by atoms with Gasteiger partial charge in [-0.25, -0.2) is 34.4 Å².